The van der Waals surface area contributed by atoms with Crippen LogP contribution in [0.4, 0.5) is 0 Å². The molecule has 0 aliphatic heterocycles. The molecule has 1 saturated carbocycles. The van der Waals surface area contributed by atoms with Crippen LogP contribution in [0.5, 0.6) is 0 Å². The van der Waals surface area contributed by atoms with E-state index in [1.807, 2.05) is 36.4 Å². The highest BCUT2D eigenvalue weighted by molar-refractivity contribution is 6.08. The van der Waals surface area contributed by atoms with Crippen molar-refractivity contribution in [2.24, 2.45) is 0 Å². The first-order valence-electron chi connectivity index (χ1n) is 14.1. The number of hydrogen-bond acceptors (Lipinski definition) is 3. The number of nitrogens with zero attached hydrogens (tertiary/aromatic N) is 2. The number of pyridine rings is 2. The summed E-state index contributed by atoms with van der Waals surface area (Å²) in [7, 11) is 0. The minimum atomic E-state index is -2.35. The number of rotatable bonds is 3. The Kier molecular flexibility index (Phi) is 4.21. The molecule has 34 heavy (non-hydrogen) atoms. The lowest BCUT2D eigenvalue weighted by Crippen LogP contribution is -2.07. The Bertz CT molecular complexity index is 1660. The van der Waals surface area contributed by atoms with E-state index in [4.69, 9.17) is 19.9 Å². The summed E-state index contributed by atoms with van der Waals surface area (Å²) in [4.78, 5) is 9.58. The summed E-state index contributed by atoms with van der Waals surface area (Å²) >= 11 is 0. The van der Waals surface area contributed by atoms with Gasteiger partial charge in [0.05, 0.1) is 11.4 Å². The molecule has 3 heterocycles. The number of para-hydroxylation sites is 1. The predicted octanol–water partition coefficient (Wildman–Crippen LogP) is 8.68. The van der Waals surface area contributed by atoms with E-state index in [-0.39, 0.29) is 5.56 Å². The summed E-state index contributed by atoms with van der Waals surface area (Å²) in [5.74, 6) is -0.910. The number of hydrogen-bond donors (Lipinski definition) is 0. The number of aryl methyl sites for hydroxylation is 3. The molecular formula is C31H30N2O. The van der Waals surface area contributed by atoms with Crippen LogP contribution >= 0.6 is 0 Å². The number of furan rings is 1. The third kappa shape index (κ3) is 3.51. The van der Waals surface area contributed by atoms with Crippen molar-refractivity contribution in [3.8, 4) is 22.5 Å². The van der Waals surface area contributed by atoms with Crippen molar-refractivity contribution >= 4 is 22.1 Å². The summed E-state index contributed by atoms with van der Waals surface area (Å²) in [6, 6.07) is 17.7. The Labute approximate surface area is 206 Å². The predicted molar refractivity (Wildman–Crippen MR) is 140 cm³/mol. The maximum Gasteiger partial charge on any atom is 0.227 e. The van der Waals surface area contributed by atoms with Crippen LogP contribution in [0.1, 0.15) is 65.7 Å². The molecule has 1 fully saturated rings. The number of benzene rings is 2. The highest BCUT2D eigenvalue weighted by Crippen LogP contribution is 2.38. The third-order valence-electron chi connectivity index (χ3n) is 7.12. The van der Waals surface area contributed by atoms with E-state index < -0.39 is 12.7 Å². The Morgan fingerprint density at radius 2 is 1.68 bits per heavy atom. The van der Waals surface area contributed by atoms with Crippen molar-refractivity contribution in [1.29, 1.82) is 0 Å². The van der Waals surface area contributed by atoms with E-state index >= 15 is 0 Å². The van der Waals surface area contributed by atoms with Gasteiger partial charge in [-0.2, -0.15) is 0 Å². The SMILES string of the molecule is [2H]C([2H])([2H])c1cc(-c2cccc3c2oc2nc(-c4c(C)cccc4C)ccc23)ncc1C1([2H])CCCCC1. The second-order valence-corrected chi connectivity index (χ2v) is 9.38. The Balaban J connectivity index is 1.51. The molecule has 1 aliphatic rings. The molecule has 3 heteroatoms. The lowest BCUT2D eigenvalue weighted by molar-refractivity contribution is 0.441. The van der Waals surface area contributed by atoms with Gasteiger partial charge in [-0.1, -0.05) is 49.6 Å². The van der Waals surface area contributed by atoms with Crippen LogP contribution in [-0.2, 0) is 0 Å². The second kappa shape index (κ2) is 8.39. The molecular weight excluding hydrogens is 416 g/mol. The van der Waals surface area contributed by atoms with Crippen molar-refractivity contribution in [3.63, 3.8) is 0 Å². The smallest absolute Gasteiger partial charge is 0.227 e. The van der Waals surface area contributed by atoms with Gasteiger partial charge in [0, 0.05) is 33.6 Å². The summed E-state index contributed by atoms with van der Waals surface area (Å²) in [5.41, 5.74) is 7.40. The lowest BCUT2D eigenvalue weighted by atomic mass is 9.83. The molecule has 1 aliphatic carbocycles. The molecule has 0 bridgehead atoms. The fourth-order valence-corrected chi connectivity index (χ4v) is 5.37. The van der Waals surface area contributed by atoms with Gasteiger partial charge in [0.1, 0.15) is 5.58 Å². The lowest BCUT2D eigenvalue weighted by Gasteiger charge is -2.23. The van der Waals surface area contributed by atoms with Crippen molar-refractivity contribution in [2.75, 3.05) is 0 Å². The summed E-state index contributed by atoms with van der Waals surface area (Å²) in [6.07, 6.45) is 5.88. The molecule has 0 spiro atoms. The van der Waals surface area contributed by atoms with Crippen molar-refractivity contribution in [3.05, 3.63) is 83.0 Å². The monoisotopic (exact) mass is 450 g/mol. The maximum absolute atomic E-state index is 9.07. The fraction of sp³-hybridized carbons (Fsp3) is 0.290. The van der Waals surface area contributed by atoms with Crippen LogP contribution in [0.15, 0.2) is 65.2 Å². The molecule has 0 N–H and O–H groups in total. The summed E-state index contributed by atoms with van der Waals surface area (Å²) in [5, 5.41) is 1.81. The topological polar surface area (TPSA) is 38.9 Å². The molecule has 3 nitrogen and oxygen atoms in total. The maximum atomic E-state index is 9.07. The van der Waals surface area contributed by atoms with E-state index in [1.54, 1.807) is 12.3 Å². The Hall–Kier alpha value is -3.46. The van der Waals surface area contributed by atoms with Crippen molar-refractivity contribution < 1.29 is 9.90 Å². The van der Waals surface area contributed by atoms with Crippen molar-refractivity contribution in [2.45, 2.75) is 58.7 Å². The van der Waals surface area contributed by atoms with Gasteiger partial charge in [-0.3, -0.25) is 4.98 Å². The van der Waals surface area contributed by atoms with Gasteiger partial charge in [0.2, 0.25) is 5.71 Å². The molecule has 5 aromatic rings. The zero-order valence-corrected chi connectivity index (χ0v) is 19.6. The van der Waals surface area contributed by atoms with Crippen LogP contribution in [0.2, 0.25) is 0 Å². The molecule has 0 radical (unpaired) electrons. The first-order valence-corrected chi connectivity index (χ1v) is 12.1. The summed E-state index contributed by atoms with van der Waals surface area (Å²) < 4.78 is 40.2. The van der Waals surface area contributed by atoms with Crippen LogP contribution in [0.3, 0.4) is 0 Å². The van der Waals surface area contributed by atoms with E-state index in [9.17, 15) is 0 Å². The first-order chi connectivity index (χ1) is 18.2. The van der Waals surface area contributed by atoms with Gasteiger partial charge in [-0.25, -0.2) is 4.98 Å². The third-order valence-corrected chi connectivity index (χ3v) is 7.12. The highest BCUT2D eigenvalue weighted by atomic mass is 16.3. The van der Waals surface area contributed by atoms with Crippen LogP contribution in [-0.4, -0.2) is 9.97 Å². The minimum Gasteiger partial charge on any atom is -0.437 e. The molecule has 0 unspecified atom stereocenters. The summed E-state index contributed by atoms with van der Waals surface area (Å²) in [6.45, 7) is 1.82. The largest absolute Gasteiger partial charge is 0.437 e. The Morgan fingerprint density at radius 3 is 2.47 bits per heavy atom. The van der Waals surface area contributed by atoms with Gasteiger partial charge in [-0.15, -0.1) is 0 Å². The van der Waals surface area contributed by atoms with Gasteiger partial charge in [0.15, 0.2) is 0 Å². The van der Waals surface area contributed by atoms with Gasteiger partial charge in [-0.05, 0) is 86.0 Å². The van der Waals surface area contributed by atoms with Gasteiger partial charge in [0.25, 0.3) is 0 Å². The van der Waals surface area contributed by atoms with Gasteiger partial charge >= 0.3 is 0 Å². The van der Waals surface area contributed by atoms with Crippen LogP contribution < -0.4 is 0 Å². The minimum absolute atomic E-state index is 0.211. The normalized spacial score (nSPS) is 17.8. The zero-order chi connectivity index (χ0) is 26.7. The van der Waals surface area contributed by atoms with E-state index in [1.165, 1.54) is 0 Å². The molecule has 2 aromatic carbocycles. The number of aromatic nitrogens is 2. The van der Waals surface area contributed by atoms with Crippen LogP contribution in [0, 0.1) is 20.7 Å². The molecule has 3 aromatic heterocycles. The first kappa shape index (κ1) is 17.0. The van der Waals surface area contributed by atoms with E-state index in [0.29, 0.717) is 41.0 Å². The average molecular weight is 451 g/mol. The second-order valence-electron chi connectivity index (χ2n) is 9.38. The van der Waals surface area contributed by atoms with Gasteiger partial charge < -0.3 is 4.42 Å². The van der Waals surface area contributed by atoms with E-state index in [2.05, 4.69) is 26.0 Å². The standard InChI is InChI=1S/C31H30N2O/c1-19-9-7-10-20(2)29(19)27-16-15-24-23-13-8-14-25(30(23)34-31(24)33-27)28-17-21(3)26(18-32-28)22-11-5-4-6-12-22/h7-10,13-18,22H,4-6,11-12H2,1-3H3/i3D3,22D. The van der Waals surface area contributed by atoms with Crippen LogP contribution in [0.25, 0.3) is 44.6 Å². The molecule has 0 amide bonds. The fourth-order valence-electron chi connectivity index (χ4n) is 5.37. The molecule has 0 atom stereocenters. The molecule has 0 saturated heterocycles. The quantitative estimate of drug-likeness (QED) is 0.276. The zero-order valence-electron chi connectivity index (χ0n) is 23.6. The highest BCUT2D eigenvalue weighted by Gasteiger charge is 2.20. The van der Waals surface area contributed by atoms with E-state index in [0.717, 1.165) is 52.4 Å². The Morgan fingerprint density at radius 1 is 0.882 bits per heavy atom. The molecule has 170 valence electrons. The number of fused-ring (bicyclic) bond motifs is 3. The van der Waals surface area contributed by atoms with Crippen molar-refractivity contribution in [1.82, 2.24) is 9.97 Å². The average Bonchev–Trinajstić information content (AvgIpc) is 3.26. The molecule has 6 rings (SSSR count).